The highest BCUT2D eigenvalue weighted by Gasteiger charge is 2.34. The molecule has 22 heavy (non-hydrogen) atoms. The molecule has 3 rings (SSSR count). The van der Waals surface area contributed by atoms with Gasteiger partial charge in [-0.05, 0) is 26.0 Å². The van der Waals surface area contributed by atoms with Crippen LogP contribution < -0.4 is 9.80 Å². The van der Waals surface area contributed by atoms with E-state index in [9.17, 15) is 9.59 Å². The fourth-order valence-corrected chi connectivity index (χ4v) is 2.86. The summed E-state index contributed by atoms with van der Waals surface area (Å²) in [6.07, 6.45) is 0. The average molecular weight is 299 g/mol. The van der Waals surface area contributed by atoms with Gasteiger partial charge in [0.1, 0.15) is 5.76 Å². The fraction of sp³-hybridized carbons (Fsp3) is 0.312. The summed E-state index contributed by atoms with van der Waals surface area (Å²) in [6, 6.07) is 8.90. The highest BCUT2D eigenvalue weighted by atomic mass is 16.5. The molecule has 0 spiro atoms. The Kier molecular flexibility index (Phi) is 3.44. The molecule has 0 saturated heterocycles. The normalized spacial score (nSPS) is 17.3. The number of aromatic nitrogens is 1. The number of rotatable bonds is 1. The van der Waals surface area contributed by atoms with E-state index in [0.29, 0.717) is 18.0 Å². The minimum absolute atomic E-state index is 0.0377. The minimum Gasteiger partial charge on any atom is -0.361 e. The Morgan fingerprint density at radius 3 is 2.55 bits per heavy atom. The van der Waals surface area contributed by atoms with Crippen molar-refractivity contribution in [3.05, 3.63) is 41.8 Å². The standard InChI is InChI=1S/C16H17N3O3/c1-10-9-18(16(21)13-8-11(2)22-17-13)14-6-4-5-7-15(14)19(10)12(3)20/h4-8,10H,9H2,1-3H3. The Hall–Kier alpha value is -2.63. The van der Waals surface area contributed by atoms with Crippen LogP contribution in [0, 0.1) is 6.92 Å². The number of carbonyl (C=O) groups excluding carboxylic acids is 2. The third kappa shape index (κ3) is 2.26. The first kappa shape index (κ1) is 14.3. The van der Waals surface area contributed by atoms with Gasteiger partial charge in [-0.3, -0.25) is 9.59 Å². The first-order valence-electron chi connectivity index (χ1n) is 7.13. The van der Waals surface area contributed by atoms with Crippen LogP contribution in [-0.4, -0.2) is 29.6 Å². The zero-order valence-corrected chi connectivity index (χ0v) is 12.7. The van der Waals surface area contributed by atoms with E-state index in [0.717, 1.165) is 5.69 Å². The van der Waals surface area contributed by atoms with Crippen LogP contribution in [0.4, 0.5) is 11.4 Å². The van der Waals surface area contributed by atoms with Crippen LogP contribution in [0.5, 0.6) is 0 Å². The van der Waals surface area contributed by atoms with Crippen molar-refractivity contribution in [1.82, 2.24) is 5.16 Å². The van der Waals surface area contributed by atoms with Gasteiger partial charge in [0.2, 0.25) is 5.91 Å². The second kappa shape index (κ2) is 5.29. The summed E-state index contributed by atoms with van der Waals surface area (Å²) in [4.78, 5) is 28.0. The zero-order chi connectivity index (χ0) is 15.9. The average Bonchev–Trinajstić information content (AvgIpc) is 2.91. The molecule has 0 bridgehead atoms. The predicted molar refractivity (Wildman–Crippen MR) is 82.0 cm³/mol. The molecule has 1 atom stereocenters. The monoisotopic (exact) mass is 299 g/mol. The quantitative estimate of drug-likeness (QED) is 0.811. The van der Waals surface area contributed by atoms with Crippen molar-refractivity contribution < 1.29 is 14.1 Å². The molecule has 1 unspecified atom stereocenters. The lowest BCUT2D eigenvalue weighted by Gasteiger charge is -2.40. The van der Waals surface area contributed by atoms with Crippen LogP contribution in [-0.2, 0) is 4.79 Å². The van der Waals surface area contributed by atoms with Crippen LogP contribution in [0.1, 0.15) is 30.1 Å². The van der Waals surface area contributed by atoms with Gasteiger partial charge in [-0.15, -0.1) is 0 Å². The van der Waals surface area contributed by atoms with Gasteiger partial charge in [-0.1, -0.05) is 17.3 Å². The summed E-state index contributed by atoms with van der Waals surface area (Å²) in [5, 5.41) is 3.80. The molecule has 1 aliphatic heterocycles. The highest BCUT2D eigenvalue weighted by molar-refractivity contribution is 6.09. The molecular weight excluding hydrogens is 282 g/mol. The number of benzene rings is 1. The number of para-hydroxylation sites is 2. The summed E-state index contributed by atoms with van der Waals surface area (Å²) < 4.78 is 4.99. The maximum atomic E-state index is 12.7. The van der Waals surface area contributed by atoms with Gasteiger partial charge in [-0.25, -0.2) is 0 Å². The summed E-state index contributed by atoms with van der Waals surface area (Å²) in [7, 11) is 0. The van der Waals surface area contributed by atoms with E-state index in [1.54, 1.807) is 22.8 Å². The minimum atomic E-state index is -0.223. The van der Waals surface area contributed by atoms with Crippen molar-refractivity contribution in [1.29, 1.82) is 0 Å². The topological polar surface area (TPSA) is 66.7 Å². The number of carbonyl (C=O) groups is 2. The lowest BCUT2D eigenvalue weighted by molar-refractivity contribution is -0.117. The molecule has 1 aromatic carbocycles. The second-order valence-corrected chi connectivity index (χ2v) is 5.47. The van der Waals surface area contributed by atoms with Gasteiger partial charge in [0.25, 0.3) is 5.91 Å². The first-order chi connectivity index (χ1) is 10.5. The number of nitrogens with zero attached hydrogens (tertiary/aromatic N) is 3. The lowest BCUT2D eigenvalue weighted by Crippen LogP contribution is -2.51. The first-order valence-corrected chi connectivity index (χ1v) is 7.13. The van der Waals surface area contributed by atoms with Crippen LogP contribution in [0.2, 0.25) is 0 Å². The molecule has 1 aliphatic rings. The predicted octanol–water partition coefficient (Wildman–Crippen LogP) is 2.38. The molecule has 0 fully saturated rings. The number of hydrogen-bond donors (Lipinski definition) is 0. The Morgan fingerprint density at radius 1 is 1.27 bits per heavy atom. The SMILES string of the molecule is CC(=O)N1c2ccccc2N(C(=O)c2cc(C)on2)CC1C. The van der Waals surface area contributed by atoms with E-state index in [1.165, 1.54) is 6.92 Å². The largest absolute Gasteiger partial charge is 0.361 e. The van der Waals surface area contributed by atoms with Gasteiger partial charge in [-0.2, -0.15) is 0 Å². The van der Waals surface area contributed by atoms with Gasteiger partial charge in [0.05, 0.1) is 17.4 Å². The molecule has 6 nitrogen and oxygen atoms in total. The van der Waals surface area contributed by atoms with E-state index in [4.69, 9.17) is 4.52 Å². The van der Waals surface area contributed by atoms with E-state index >= 15 is 0 Å². The fourth-order valence-electron chi connectivity index (χ4n) is 2.86. The van der Waals surface area contributed by atoms with Gasteiger partial charge < -0.3 is 14.3 Å². The van der Waals surface area contributed by atoms with E-state index in [-0.39, 0.29) is 23.6 Å². The maximum Gasteiger partial charge on any atom is 0.280 e. The molecular formula is C16H17N3O3. The highest BCUT2D eigenvalue weighted by Crippen LogP contribution is 2.36. The Morgan fingerprint density at radius 2 is 1.95 bits per heavy atom. The van der Waals surface area contributed by atoms with E-state index in [2.05, 4.69) is 5.16 Å². The molecule has 1 aromatic heterocycles. The van der Waals surface area contributed by atoms with Crippen molar-refractivity contribution >= 4 is 23.2 Å². The van der Waals surface area contributed by atoms with Crippen molar-refractivity contribution in [3.8, 4) is 0 Å². The van der Waals surface area contributed by atoms with Crippen molar-refractivity contribution in [2.75, 3.05) is 16.3 Å². The number of amides is 2. The summed E-state index contributed by atoms with van der Waals surface area (Å²) in [5.74, 6) is 0.329. The third-order valence-corrected chi connectivity index (χ3v) is 3.75. The Labute approximate surface area is 128 Å². The second-order valence-electron chi connectivity index (χ2n) is 5.47. The van der Waals surface area contributed by atoms with Crippen LogP contribution >= 0.6 is 0 Å². The maximum absolute atomic E-state index is 12.7. The molecule has 0 radical (unpaired) electrons. The Balaban J connectivity index is 2.05. The van der Waals surface area contributed by atoms with E-state index < -0.39 is 0 Å². The number of aryl methyl sites for hydroxylation is 1. The summed E-state index contributed by atoms with van der Waals surface area (Å²) >= 11 is 0. The third-order valence-electron chi connectivity index (χ3n) is 3.75. The number of hydrogen-bond acceptors (Lipinski definition) is 4. The van der Waals surface area contributed by atoms with Crippen LogP contribution in [0.15, 0.2) is 34.9 Å². The Bertz CT molecular complexity index is 738. The van der Waals surface area contributed by atoms with Crippen molar-refractivity contribution in [2.24, 2.45) is 0 Å². The van der Waals surface area contributed by atoms with Crippen molar-refractivity contribution in [2.45, 2.75) is 26.8 Å². The van der Waals surface area contributed by atoms with Gasteiger partial charge in [0, 0.05) is 19.5 Å². The smallest absolute Gasteiger partial charge is 0.280 e. The molecule has 0 aliphatic carbocycles. The number of anilines is 2. The van der Waals surface area contributed by atoms with Crippen LogP contribution in [0.25, 0.3) is 0 Å². The molecule has 114 valence electrons. The molecule has 0 saturated carbocycles. The number of fused-ring (bicyclic) bond motifs is 1. The summed E-state index contributed by atoms with van der Waals surface area (Å²) in [6.45, 7) is 5.62. The van der Waals surface area contributed by atoms with Gasteiger partial charge >= 0.3 is 0 Å². The summed E-state index contributed by atoms with van der Waals surface area (Å²) in [5.41, 5.74) is 1.72. The van der Waals surface area contributed by atoms with Crippen molar-refractivity contribution in [3.63, 3.8) is 0 Å². The van der Waals surface area contributed by atoms with Gasteiger partial charge in [0.15, 0.2) is 5.69 Å². The molecule has 2 amide bonds. The molecule has 2 aromatic rings. The lowest BCUT2D eigenvalue weighted by atomic mass is 10.1. The molecule has 0 N–H and O–H groups in total. The zero-order valence-electron chi connectivity index (χ0n) is 12.7. The molecule has 2 heterocycles. The molecule has 6 heteroatoms. The van der Waals surface area contributed by atoms with Crippen LogP contribution in [0.3, 0.4) is 0 Å². The van der Waals surface area contributed by atoms with E-state index in [1.807, 2.05) is 31.2 Å².